The minimum Gasteiger partial charge on any atom is -0.438 e. The third-order valence-electron chi connectivity index (χ3n) is 3.11. The van der Waals surface area contributed by atoms with Gasteiger partial charge in [0.25, 0.3) is 0 Å². The van der Waals surface area contributed by atoms with E-state index in [1.807, 2.05) is 25.1 Å². The van der Waals surface area contributed by atoms with E-state index in [2.05, 4.69) is 24.9 Å². The average molecular weight is 257 g/mol. The largest absolute Gasteiger partial charge is 0.438 e. The molecule has 0 aliphatic rings. The van der Waals surface area contributed by atoms with E-state index in [9.17, 15) is 5.11 Å². The average Bonchev–Trinajstić information content (AvgIpc) is 2.41. The van der Waals surface area contributed by atoms with Gasteiger partial charge in [0.15, 0.2) is 0 Å². The highest BCUT2D eigenvalue weighted by molar-refractivity contribution is 5.41. The molecule has 2 aromatic rings. The van der Waals surface area contributed by atoms with Gasteiger partial charge in [-0.1, -0.05) is 26.0 Å². The van der Waals surface area contributed by atoms with E-state index in [4.69, 9.17) is 4.74 Å². The van der Waals surface area contributed by atoms with Crippen LogP contribution in [0.15, 0.2) is 36.5 Å². The standard InChI is InChI=1S/C16H19NO2/c1-11(2)13-7-6-12(3)15(9-13)19-16-14(10-18)5-4-8-17-16/h4-9,11,18H,10H2,1-3H3. The fourth-order valence-corrected chi connectivity index (χ4v) is 1.83. The molecule has 3 nitrogen and oxygen atoms in total. The predicted octanol–water partition coefficient (Wildman–Crippen LogP) is 3.80. The fourth-order valence-electron chi connectivity index (χ4n) is 1.83. The van der Waals surface area contributed by atoms with E-state index in [0.717, 1.165) is 11.3 Å². The molecule has 0 amide bonds. The van der Waals surface area contributed by atoms with Crippen LogP contribution in [0, 0.1) is 6.92 Å². The van der Waals surface area contributed by atoms with Crippen LogP contribution in [-0.2, 0) is 6.61 Å². The van der Waals surface area contributed by atoms with Crippen LogP contribution >= 0.6 is 0 Å². The number of rotatable bonds is 4. The Morgan fingerprint density at radius 3 is 2.74 bits per heavy atom. The molecule has 0 spiro atoms. The van der Waals surface area contributed by atoms with Crippen LogP contribution in [0.25, 0.3) is 0 Å². The maximum absolute atomic E-state index is 9.29. The molecular formula is C16H19NO2. The Bertz CT molecular complexity index is 564. The molecule has 0 aliphatic carbocycles. The SMILES string of the molecule is Cc1ccc(C(C)C)cc1Oc1ncccc1CO. The summed E-state index contributed by atoms with van der Waals surface area (Å²) in [6.45, 7) is 6.22. The highest BCUT2D eigenvalue weighted by Gasteiger charge is 2.09. The van der Waals surface area contributed by atoms with Crippen LogP contribution in [0.4, 0.5) is 0 Å². The number of aromatic nitrogens is 1. The Kier molecular flexibility index (Phi) is 4.17. The first-order valence-electron chi connectivity index (χ1n) is 6.45. The Morgan fingerprint density at radius 1 is 1.26 bits per heavy atom. The Labute approximate surface area is 113 Å². The third-order valence-corrected chi connectivity index (χ3v) is 3.11. The molecule has 2 rings (SSSR count). The van der Waals surface area contributed by atoms with E-state index in [1.54, 1.807) is 12.3 Å². The lowest BCUT2D eigenvalue weighted by molar-refractivity contribution is 0.275. The van der Waals surface area contributed by atoms with E-state index < -0.39 is 0 Å². The van der Waals surface area contributed by atoms with Crippen molar-refractivity contribution in [3.8, 4) is 11.6 Å². The minimum atomic E-state index is -0.0773. The van der Waals surface area contributed by atoms with Crippen LogP contribution < -0.4 is 4.74 Å². The van der Waals surface area contributed by atoms with Crippen molar-refractivity contribution in [3.63, 3.8) is 0 Å². The summed E-state index contributed by atoms with van der Waals surface area (Å²) in [5.41, 5.74) is 2.97. The fraction of sp³-hybridized carbons (Fsp3) is 0.312. The van der Waals surface area contributed by atoms with Gasteiger partial charge in [0, 0.05) is 11.8 Å². The van der Waals surface area contributed by atoms with Gasteiger partial charge in [0.2, 0.25) is 5.88 Å². The summed E-state index contributed by atoms with van der Waals surface area (Å²) in [5, 5.41) is 9.29. The zero-order valence-corrected chi connectivity index (χ0v) is 11.6. The molecular weight excluding hydrogens is 238 g/mol. The lowest BCUT2D eigenvalue weighted by Gasteiger charge is -2.13. The number of aliphatic hydroxyl groups excluding tert-OH is 1. The van der Waals surface area contributed by atoms with Gasteiger partial charge in [-0.25, -0.2) is 4.98 Å². The van der Waals surface area contributed by atoms with Crippen LogP contribution in [0.3, 0.4) is 0 Å². The van der Waals surface area contributed by atoms with Crippen molar-refractivity contribution in [2.45, 2.75) is 33.3 Å². The number of aryl methyl sites for hydroxylation is 1. The van der Waals surface area contributed by atoms with Crippen molar-refractivity contribution >= 4 is 0 Å². The van der Waals surface area contributed by atoms with Gasteiger partial charge in [-0.2, -0.15) is 0 Å². The van der Waals surface area contributed by atoms with Crippen molar-refractivity contribution in [1.29, 1.82) is 0 Å². The van der Waals surface area contributed by atoms with E-state index in [1.165, 1.54) is 5.56 Å². The number of aliphatic hydroxyl groups is 1. The number of ether oxygens (including phenoxy) is 1. The minimum absolute atomic E-state index is 0.0773. The molecule has 0 atom stereocenters. The highest BCUT2D eigenvalue weighted by atomic mass is 16.5. The first-order chi connectivity index (χ1) is 9.11. The normalized spacial score (nSPS) is 10.8. The molecule has 0 fully saturated rings. The van der Waals surface area contributed by atoms with Crippen molar-refractivity contribution in [2.75, 3.05) is 0 Å². The van der Waals surface area contributed by atoms with Gasteiger partial charge in [-0.05, 0) is 42.2 Å². The lowest BCUT2D eigenvalue weighted by Crippen LogP contribution is -1.97. The van der Waals surface area contributed by atoms with E-state index in [0.29, 0.717) is 17.4 Å². The van der Waals surface area contributed by atoms with Crippen LogP contribution in [0.1, 0.15) is 36.5 Å². The summed E-state index contributed by atoms with van der Waals surface area (Å²) < 4.78 is 5.85. The van der Waals surface area contributed by atoms with Gasteiger partial charge >= 0.3 is 0 Å². The molecule has 0 bridgehead atoms. The topological polar surface area (TPSA) is 42.4 Å². The predicted molar refractivity (Wildman–Crippen MR) is 75.5 cm³/mol. The Morgan fingerprint density at radius 2 is 2.05 bits per heavy atom. The molecule has 1 heterocycles. The third kappa shape index (κ3) is 3.12. The van der Waals surface area contributed by atoms with Crippen molar-refractivity contribution in [2.24, 2.45) is 0 Å². The number of pyridine rings is 1. The zero-order chi connectivity index (χ0) is 13.8. The van der Waals surface area contributed by atoms with Gasteiger partial charge < -0.3 is 9.84 Å². The van der Waals surface area contributed by atoms with E-state index >= 15 is 0 Å². The molecule has 0 saturated heterocycles. The number of hydrogen-bond donors (Lipinski definition) is 1. The Hall–Kier alpha value is -1.87. The first kappa shape index (κ1) is 13.6. The Balaban J connectivity index is 2.34. The molecule has 0 saturated carbocycles. The van der Waals surface area contributed by atoms with E-state index in [-0.39, 0.29) is 6.61 Å². The van der Waals surface area contributed by atoms with Gasteiger partial charge in [-0.15, -0.1) is 0 Å². The summed E-state index contributed by atoms with van der Waals surface area (Å²) in [7, 11) is 0. The smallest absolute Gasteiger partial charge is 0.224 e. The van der Waals surface area contributed by atoms with Crippen LogP contribution in [0.2, 0.25) is 0 Å². The summed E-state index contributed by atoms with van der Waals surface area (Å²) in [4.78, 5) is 4.18. The van der Waals surface area contributed by atoms with Crippen molar-refractivity contribution < 1.29 is 9.84 Å². The van der Waals surface area contributed by atoms with Crippen molar-refractivity contribution in [3.05, 3.63) is 53.2 Å². The van der Waals surface area contributed by atoms with Gasteiger partial charge in [-0.3, -0.25) is 0 Å². The van der Waals surface area contributed by atoms with Gasteiger partial charge in [0.1, 0.15) is 5.75 Å². The lowest BCUT2D eigenvalue weighted by atomic mass is 10.0. The second-order valence-electron chi connectivity index (χ2n) is 4.91. The summed E-state index contributed by atoms with van der Waals surface area (Å²) in [6.07, 6.45) is 1.66. The molecule has 1 aromatic heterocycles. The van der Waals surface area contributed by atoms with Crippen LogP contribution in [0.5, 0.6) is 11.6 Å². The molecule has 3 heteroatoms. The second kappa shape index (κ2) is 5.85. The monoisotopic (exact) mass is 257 g/mol. The summed E-state index contributed by atoms with van der Waals surface area (Å²) in [5.74, 6) is 1.71. The molecule has 0 radical (unpaired) electrons. The number of benzene rings is 1. The molecule has 1 N–H and O–H groups in total. The highest BCUT2D eigenvalue weighted by Crippen LogP contribution is 2.29. The summed E-state index contributed by atoms with van der Waals surface area (Å²) in [6, 6.07) is 9.79. The molecule has 100 valence electrons. The molecule has 0 aliphatic heterocycles. The maximum Gasteiger partial charge on any atom is 0.224 e. The maximum atomic E-state index is 9.29. The quantitative estimate of drug-likeness (QED) is 0.906. The molecule has 1 aromatic carbocycles. The summed E-state index contributed by atoms with van der Waals surface area (Å²) >= 11 is 0. The number of hydrogen-bond acceptors (Lipinski definition) is 3. The number of nitrogens with zero attached hydrogens (tertiary/aromatic N) is 1. The first-order valence-corrected chi connectivity index (χ1v) is 6.45. The van der Waals surface area contributed by atoms with Crippen molar-refractivity contribution in [1.82, 2.24) is 4.98 Å². The van der Waals surface area contributed by atoms with Crippen LogP contribution in [-0.4, -0.2) is 10.1 Å². The zero-order valence-electron chi connectivity index (χ0n) is 11.6. The van der Waals surface area contributed by atoms with Gasteiger partial charge in [0.05, 0.1) is 6.61 Å². The molecule has 0 unspecified atom stereocenters. The molecule has 19 heavy (non-hydrogen) atoms. The second-order valence-corrected chi connectivity index (χ2v) is 4.91.